The van der Waals surface area contributed by atoms with Crippen LogP contribution in [0.3, 0.4) is 0 Å². The summed E-state index contributed by atoms with van der Waals surface area (Å²) in [5.41, 5.74) is 1.15. The highest BCUT2D eigenvalue weighted by molar-refractivity contribution is 7.17. The van der Waals surface area contributed by atoms with Crippen LogP contribution in [-0.4, -0.2) is 36.6 Å². The lowest BCUT2D eigenvalue weighted by molar-refractivity contribution is -0.117. The largest absolute Gasteiger partial charge is 0.511 e. The molecule has 0 unspecified atom stereocenters. The predicted octanol–water partition coefficient (Wildman–Crippen LogP) is 5.70. The number of thiophene rings is 1. The first-order chi connectivity index (χ1) is 19.0. The van der Waals surface area contributed by atoms with E-state index in [0.717, 1.165) is 24.6 Å². The molecule has 1 aromatic carbocycles. The van der Waals surface area contributed by atoms with E-state index in [-0.39, 0.29) is 38.5 Å². The summed E-state index contributed by atoms with van der Waals surface area (Å²) in [7, 11) is 0. The summed E-state index contributed by atoms with van der Waals surface area (Å²) in [4.78, 5) is 38.9. The van der Waals surface area contributed by atoms with Crippen molar-refractivity contribution >= 4 is 44.3 Å². The SMILES string of the molecule is C.C.C=CC(=O)N[C@@H]1CC[C@@H](CC(O)=c2sc3nccc4c3c2nc(=O)n4-c2ccc(Oc3ccccc3)nc2)C1. The number of para-hydroxylation sites is 1. The van der Waals surface area contributed by atoms with Crippen molar-refractivity contribution in [3.05, 3.63) is 88.6 Å². The van der Waals surface area contributed by atoms with Crippen LogP contribution in [-0.2, 0) is 4.79 Å². The molecular formula is C31H33N5O4S. The van der Waals surface area contributed by atoms with Crippen LogP contribution < -0.4 is 20.3 Å². The zero-order valence-electron chi connectivity index (χ0n) is 20.9. The number of aromatic nitrogens is 4. The van der Waals surface area contributed by atoms with Gasteiger partial charge in [0.2, 0.25) is 11.8 Å². The van der Waals surface area contributed by atoms with Crippen LogP contribution in [0.25, 0.3) is 32.7 Å². The van der Waals surface area contributed by atoms with Crippen molar-refractivity contribution in [2.45, 2.75) is 46.6 Å². The quantitative estimate of drug-likeness (QED) is 0.241. The van der Waals surface area contributed by atoms with Gasteiger partial charge in [-0.05, 0) is 55.5 Å². The molecule has 2 atom stereocenters. The topological polar surface area (TPSA) is 119 Å². The predicted molar refractivity (Wildman–Crippen MR) is 164 cm³/mol. The number of benzene rings is 1. The van der Waals surface area contributed by atoms with Crippen LogP contribution >= 0.6 is 11.3 Å². The van der Waals surface area contributed by atoms with E-state index in [1.54, 1.807) is 30.6 Å². The normalized spacial score (nSPS) is 17.0. The Hall–Kier alpha value is -4.57. The maximum absolute atomic E-state index is 13.3. The van der Waals surface area contributed by atoms with Crippen molar-refractivity contribution in [3.63, 3.8) is 0 Å². The van der Waals surface area contributed by atoms with Crippen LogP contribution in [0.2, 0.25) is 0 Å². The average Bonchev–Trinajstić information content (AvgIpc) is 3.55. The number of ether oxygens (including phenoxy) is 1. The lowest BCUT2D eigenvalue weighted by atomic mass is 10.0. The maximum Gasteiger partial charge on any atom is 0.353 e. The van der Waals surface area contributed by atoms with Gasteiger partial charge in [-0.2, -0.15) is 4.98 Å². The summed E-state index contributed by atoms with van der Waals surface area (Å²) in [6.45, 7) is 3.50. The number of nitrogens with zero attached hydrogens (tertiary/aromatic N) is 4. The molecule has 0 radical (unpaired) electrons. The van der Waals surface area contributed by atoms with Crippen molar-refractivity contribution in [2.75, 3.05) is 0 Å². The van der Waals surface area contributed by atoms with E-state index < -0.39 is 5.69 Å². The molecular weight excluding hydrogens is 538 g/mol. The third-order valence-corrected chi connectivity index (χ3v) is 8.08. The van der Waals surface area contributed by atoms with Crippen LogP contribution in [0.4, 0.5) is 0 Å². The minimum absolute atomic E-state index is 0. The number of carbonyl (C=O) groups excluding carboxylic acids is 1. The van der Waals surface area contributed by atoms with Gasteiger partial charge in [0.05, 0.1) is 27.3 Å². The van der Waals surface area contributed by atoms with E-state index in [1.165, 1.54) is 22.0 Å². The fourth-order valence-corrected chi connectivity index (χ4v) is 6.23. The van der Waals surface area contributed by atoms with Gasteiger partial charge < -0.3 is 15.2 Å². The molecule has 1 aliphatic rings. The second-order valence-corrected chi connectivity index (χ2v) is 10.5. The van der Waals surface area contributed by atoms with Crippen molar-refractivity contribution < 1.29 is 14.6 Å². The summed E-state index contributed by atoms with van der Waals surface area (Å²) in [6, 6.07) is 14.6. The van der Waals surface area contributed by atoms with E-state index in [4.69, 9.17) is 4.74 Å². The first-order valence-electron chi connectivity index (χ1n) is 12.6. The van der Waals surface area contributed by atoms with Gasteiger partial charge in [0.15, 0.2) is 0 Å². The molecule has 0 spiro atoms. The van der Waals surface area contributed by atoms with Gasteiger partial charge in [0.1, 0.15) is 21.9 Å². The van der Waals surface area contributed by atoms with Crippen LogP contribution in [0, 0.1) is 5.92 Å². The van der Waals surface area contributed by atoms with Crippen molar-refractivity contribution in [2.24, 2.45) is 5.92 Å². The Labute approximate surface area is 241 Å². The molecule has 4 aromatic heterocycles. The molecule has 0 aliphatic heterocycles. The lowest BCUT2D eigenvalue weighted by Crippen LogP contribution is -2.31. The molecule has 4 heterocycles. The lowest BCUT2D eigenvalue weighted by Gasteiger charge is -2.12. The zero-order chi connectivity index (χ0) is 26.9. The number of aliphatic hydroxyl groups is 1. The molecule has 41 heavy (non-hydrogen) atoms. The Morgan fingerprint density at radius 2 is 1.95 bits per heavy atom. The van der Waals surface area contributed by atoms with Crippen molar-refractivity contribution in [3.8, 4) is 17.3 Å². The van der Waals surface area contributed by atoms with Gasteiger partial charge in [-0.15, -0.1) is 11.3 Å². The molecule has 1 fully saturated rings. The number of carbonyl (C=O) groups is 1. The summed E-state index contributed by atoms with van der Waals surface area (Å²) in [5, 5.41) is 14.8. The Balaban J connectivity index is 0.00000194. The Kier molecular flexibility index (Phi) is 8.83. The van der Waals surface area contributed by atoms with E-state index in [1.807, 2.05) is 30.3 Å². The number of pyridine rings is 2. The summed E-state index contributed by atoms with van der Waals surface area (Å²) < 4.78 is 7.83. The standard InChI is InChI=1S/C29H25N5O4S.2CH4/c1-2-23(36)32-18-9-8-17(14-18)15-22(35)27-26-25-21(12-13-30-28(25)39-27)34(29(37)33-26)19-10-11-24(31-16-19)38-20-6-4-3-5-7-20;;/h2-7,10-13,16-18,35H,1,8-9,14-15H2,(H,32,36);2*1H4/t17-,18-;;/m1../s1. The van der Waals surface area contributed by atoms with Gasteiger partial charge in [0.25, 0.3) is 0 Å². The second-order valence-electron chi connectivity index (χ2n) is 9.53. The molecule has 1 saturated carbocycles. The van der Waals surface area contributed by atoms with Crippen molar-refractivity contribution in [1.82, 2.24) is 24.8 Å². The monoisotopic (exact) mass is 571 g/mol. The Morgan fingerprint density at radius 3 is 2.68 bits per heavy atom. The minimum Gasteiger partial charge on any atom is -0.511 e. The van der Waals surface area contributed by atoms with E-state index >= 15 is 0 Å². The summed E-state index contributed by atoms with van der Waals surface area (Å²) in [6.07, 6.45) is 7.44. The second kappa shape index (κ2) is 12.3. The summed E-state index contributed by atoms with van der Waals surface area (Å²) >= 11 is 1.32. The van der Waals surface area contributed by atoms with E-state index in [2.05, 4.69) is 26.8 Å². The van der Waals surface area contributed by atoms with E-state index in [0.29, 0.717) is 44.1 Å². The van der Waals surface area contributed by atoms with Gasteiger partial charge in [-0.3, -0.25) is 9.36 Å². The van der Waals surface area contributed by atoms with Gasteiger partial charge >= 0.3 is 5.69 Å². The molecule has 0 saturated heterocycles. The third kappa shape index (κ3) is 5.83. The van der Waals surface area contributed by atoms with Crippen LogP contribution in [0.5, 0.6) is 11.6 Å². The van der Waals surface area contributed by atoms with Gasteiger partial charge in [0, 0.05) is 24.7 Å². The molecule has 9 nitrogen and oxygen atoms in total. The Morgan fingerprint density at radius 1 is 1.15 bits per heavy atom. The molecule has 1 aliphatic carbocycles. The highest BCUT2D eigenvalue weighted by Gasteiger charge is 2.27. The zero-order valence-corrected chi connectivity index (χ0v) is 21.7. The summed E-state index contributed by atoms with van der Waals surface area (Å²) in [5.74, 6) is 1.29. The van der Waals surface area contributed by atoms with Crippen LogP contribution in [0.15, 0.2) is 78.4 Å². The smallest absolute Gasteiger partial charge is 0.353 e. The van der Waals surface area contributed by atoms with Gasteiger partial charge in [-0.25, -0.2) is 14.8 Å². The molecule has 212 valence electrons. The highest BCUT2D eigenvalue weighted by Crippen LogP contribution is 2.32. The molecule has 5 aromatic rings. The van der Waals surface area contributed by atoms with E-state index in [9.17, 15) is 14.7 Å². The molecule has 1 amide bonds. The molecule has 2 N–H and O–H groups in total. The molecule has 0 bridgehead atoms. The first-order valence-corrected chi connectivity index (χ1v) is 13.5. The fourth-order valence-electron chi connectivity index (χ4n) is 5.17. The average molecular weight is 572 g/mol. The number of nitrogens with one attached hydrogen (secondary N) is 1. The first kappa shape index (κ1) is 29.4. The Bertz CT molecular complexity index is 1800. The molecule has 6 rings (SSSR count). The van der Waals surface area contributed by atoms with Crippen molar-refractivity contribution in [1.29, 1.82) is 0 Å². The maximum atomic E-state index is 13.3. The number of amides is 1. The number of aliphatic hydroxyl groups excluding tert-OH is 1. The highest BCUT2D eigenvalue weighted by atomic mass is 32.1. The third-order valence-electron chi connectivity index (χ3n) is 6.95. The number of hydrogen-bond donors (Lipinski definition) is 2. The molecule has 10 heteroatoms. The van der Waals surface area contributed by atoms with Gasteiger partial charge in [-0.1, -0.05) is 39.6 Å². The fraction of sp³-hybridized carbons (Fsp3) is 0.258. The minimum atomic E-state index is -0.478. The number of rotatable bonds is 7. The van der Waals surface area contributed by atoms with Crippen LogP contribution in [0.1, 0.15) is 40.5 Å². The number of hydrogen-bond acceptors (Lipinski definition) is 8.